The lowest BCUT2D eigenvalue weighted by Crippen LogP contribution is -2.58. The molecule has 0 bridgehead atoms. The predicted molar refractivity (Wildman–Crippen MR) is 120 cm³/mol. The quantitative estimate of drug-likeness (QED) is 0.692. The molecule has 0 saturated carbocycles. The summed E-state index contributed by atoms with van der Waals surface area (Å²) in [6.45, 7) is 2.88. The number of nitrogens with zero attached hydrogens (tertiary/aromatic N) is 3. The number of likely N-dealkylation sites (tertiary alicyclic amines) is 2. The number of rotatable bonds is 2. The number of ketones is 1. The topological polar surface area (TPSA) is 73.6 Å². The fourth-order valence-corrected chi connectivity index (χ4v) is 5.31. The van der Waals surface area contributed by atoms with Gasteiger partial charge >= 0.3 is 6.03 Å². The Kier molecular flexibility index (Phi) is 5.62. The fourth-order valence-electron chi connectivity index (χ4n) is 5.03. The summed E-state index contributed by atoms with van der Waals surface area (Å²) in [6.07, 6.45) is 1.43. The molecule has 3 saturated heterocycles. The number of carbonyl (C=O) groups excluding carboxylic acids is 2. The average molecular weight is 450 g/mol. The Morgan fingerprint density at radius 3 is 2.62 bits per heavy atom. The Balaban J connectivity index is 1.20. The summed E-state index contributed by atoms with van der Waals surface area (Å²) in [5, 5.41) is 9.95. The number of piperidine rings is 1. The van der Waals surface area contributed by atoms with Gasteiger partial charge in [-0.25, -0.2) is 4.79 Å². The van der Waals surface area contributed by atoms with Gasteiger partial charge in [-0.1, -0.05) is 41.9 Å². The van der Waals surface area contributed by atoms with Crippen molar-refractivity contribution in [2.24, 2.45) is 5.92 Å². The van der Waals surface area contributed by atoms with Gasteiger partial charge < -0.3 is 14.5 Å². The van der Waals surface area contributed by atoms with Gasteiger partial charge in [-0.05, 0) is 29.7 Å². The number of fused-ring (bicyclic) bond motifs is 1. The molecule has 0 radical (unpaired) electrons. The molecule has 164 valence electrons. The van der Waals surface area contributed by atoms with Gasteiger partial charge in [-0.2, -0.15) is 5.26 Å². The van der Waals surface area contributed by atoms with Crippen molar-refractivity contribution in [3.63, 3.8) is 0 Å². The number of amides is 2. The van der Waals surface area contributed by atoms with E-state index in [4.69, 9.17) is 16.3 Å². The highest BCUT2D eigenvalue weighted by Gasteiger charge is 2.40. The van der Waals surface area contributed by atoms with Crippen molar-refractivity contribution >= 4 is 23.4 Å². The summed E-state index contributed by atoms with van der Waals surface area (Å²) < 4.78 is 5.63. The zero-order chi connectivity index (χ0) is 22.2. The number of hydrogen-bond donors (Lipinski definition) is 0. The minimum absolute atomic E-state index is 0.0593. The van der Waals surface area contributed by atoms with Crippen molar-refractivity contribution < 1.29 is 14.3 Å². The third kappa shape index (κ3) is 3.87. The largest absolute Gasteiger partial charge is 0.370 e. The molecular formula is C25H24ClN3O3. The molecule has 3 fully saturated rings. The van der Waals surface area contributed by atoms with E-state index in [2.05, 4.69) is 18.2 Å². The van der Waals surface area contributed by atoms with Gasteiger partial charge in [0.15, 0.2) is 5.78 Å². The molecule has 3 aliphatic rings. The van der Waals surface area contributed by atoms with Gasteiger partial charge in [0.1, 0.15) is 6.61 Å². The average Bonchev–Trinajstić information content (AvgIpc) is 2.78. The molecule has 0 spiro atoms. The molecule has 3 aliphatic heterocycles. The summed E-state index contributed by atoms with van der Waals surface area (Å²) >= 11 is 6.34. The van der Waals surface area contributed by atoms with Crippen LogP contribution < -0.4 is 0 Å². The molecule has 6 nitrogen and oxygen atoms in total. The zero-order valence-corrected chi connectivity index (χ0v) is 18.4. The second kappa shape index (κ2) is 8.57. The number of Topliss-reactive ketones (excluding diaryl/α,β-unsaturated/α-hetero) is 1. The third-order valence-electron chi connectivity index (χ3n) is 6.84. The van der Waals surface area contributed by atoms with E-state index in [0.717, 1.165) is 17.5 Å². The molecule has 2 atom stereocenters. The lowest BCUT2D eigenvalue weighted by Gasteiger charge is -2.46. The van der Waals surface area contributed by atoms with Crippen LogP contribution in [0.3, 0.4) is 0 Å². The molecule has 7 heteroatoms. The van der Waals surface area contributed by atoms with E-state index in [1.54, 1.807) is 18.2 Å². The Morgan fingerprint density at radius 1 is 1.09 bits per heavy atom. The van der Waals surface area contributed by atoms with E-state index in [-0.39, 0.29) is 30.4 Å². The minimum Gasteiger partial charge on any atom is -0.370 e. The first-order valence-electron chi connectivity index (χ1n) is 11.0. The van der Waals surface area contributed by atoms with Crippen molar-refractivity contribution in [2.45, 2.75) is 24.9 Å². The van der Waals surface area contributed by atoms with Crippen LogP contribution in [0, 0.1) is 17.2 Å². The Morgan fingerprint density at radius 2 is 1.88 bits per heavy atom. The van der Waals surface area contributed by atoms with Crippen molar-refractivity contribution in [1.29, 1.82) is 5.26 Å². The number of urea groups is 1. The summed E-state index contributed by atoms with van der Waals surface area (Å²) in [5.74, 6) is 0.556. The second-order valence-electron chi connectivity index (χ2n) is 8.87. The smallest absolute Gasteiger partial charge is 0.320 e. The summed E-state index contributed by atoms with van der Waals surface area (Å²) in [7, 11) is 0. The first-order chi connectivity index (χ1) is 15.5. The van der Waals surface area contributed by atoms with E-state index < -0.39 is 0 Å². The second-order valence-corrected chi connectivity index (χ2v) is 9.27. The van der Waals surface area contributed by atoms with Crippen LogP contribution in [-0.4, -0.2) is 60.5 Å². The van der Waals surface area contributed by atoms with Crippen LogP contribution >= 0.6 is 11.6 Å². The summed E-state index contributed by atoms with van der Waals surface area (Å²) in [6, 6.07) is 15.7. The summed E-state index contributed by atoms with van der Waals surface area (Å²) in [4.78, 5) is 28.4. The van der Waals surface area contributed by atoms with Crippen LogP contribution in [-0.2, 0) is 9.53 Å². The monoisotopic (exact) mass is 449 g/mol. The van der Waals surface area contributed by atoms with E-state index in [1.807, 2.05) is 21.9 Å². The lowest BCUT2D eigenvalue weighted by molar-refractivity contribution is -0.140. The lowest BCUT2D eigenvalue weighted by atomic mass is 9.87. The third-order valence-corrected chi connectivity index (χ3v) is 7.15. The van der Waals surface area contributed by atoms with Crippen molar-refractivity contribution in [1.82, 2.24) is 9.80 Å². The van der Waals surface area contributed by atoms with Crippen molar-refractivity contribution in [3.05, 3.63) is 58.6 Å². The van der Waals surface area contributed by atoms with Gasteiger partial charge in [0.25, 0.3) is 0 Å². The molecule has 2 aromatic carbocycles. The van der Waals surface area contributed by atoms with Crippen molar-refractivity contribution in [2.75, 3.05) is 32.8 Å². The fraction of sp³-hybridized carbons (Fsp3) is 0.400. The van der Waals surface area contributed by atoms with E-state index in [9.17, 15) is 14.9 Å². The zero-order valence-electron chi connectivity index (χ0n) is 17.7. The van der Waals surface area contributed by atoms with Crippen LogP contribution in [0.4, 0.5) is 4.79 Å². The molecule has 0 aliphatic carbocycles. The van der Waals surface area contributed by atoms with Crippen molar-refractivity contribution in [3.8, 4) is 17.2 Å². The van der Waals surface area contributed by atoms with Gasteiger partial charge in [-0.15, -0.1) is 0 Å². The maximum atomic E-state index is 12.9. The number of ether oxygens (including phenoxy) is 1. The van der Waals surface area contributed by atoms with Crippen LogP contribution in [0.15, 0.2) is 42.5 Å². The van der Waals surface area contributed by atoms with Gasteiger partial charge in [0, 0.05) is 55.0 Å². The number of carbonyl (C=O) groups is 2. The van der Waals surface area contributed by atoms with Gasteiger partial charge in [0.05, 0.1) is 17.7 Å². The first-order valence-corrected chi connectivity index (χ1v) is 11.4. The van der Waals surface area contributed by atoms with Gasteiger partial charge in [-0.3, -0.25) is 4.79 Å². The molecule has 2 aromatic rings. The van der Waals surface area contributed by atoms with Gasteiger partial charge in [0.2, 0.25) is 0 Å². The Hall–Kier alpha value is -2.88. The molecule has 2 amide bonds. The number of hydrogen-bond acceptors (Lipinski definition) is 4. The standard InChI is InChI=1S/C25H24ClN3O3/c26-22-3-1-2-18(11-27)24(22)17-6-4-16(5-7-17)20-13-29(14-20)25(31)28-9-8-23-19(12-28)10-21(30)15-32-23/h1-7,19-20,23H,8-10,12-15H2/t19-,23+/m1/s1. The molecule has 0 N–H and O–H groups in total. The normalized spacial score (nSPS) is 23.3. The Bertz CT molecular complexity index is 1090. The minimum atomic E-state index is 0.0593. The molecule has 32 heavy (non-hydrogen) atoms. The molecule has 5 rings (SSSR count). The van der Waals surface area contributed by atoms with E-state index >= 15 is 0 Å². The SMILES string of the molecule is N#Cc1cccc(Cl)c1-c1ccc(C2CN(C(=O)N3CC[C@@H]4OCC(=O)C[C@@H]4C3)C2)cc1. The highest BCUT2D eigenvalue weighted by Crippen LogP contribution is 2.35. The highest BCUT2D eigenvalue weighted by molar-refractivity contribution is 6.33. The van der Waals surface area contributed by atoms with E-state index in [1.165, 1.54) is 5.56 Å². The first kappa shape index (κ1) is 21.0. The number of halogens is 1. The van der Waals surface area contributed by atoms with Crippen LogP contribution in [0.1, 0.15) is 29.9 Å². The molecule has 3 heterocycles. The molecular weight excluding hydrogens is 426 g/mol. The summed E-state index contributed by atoms with van der Waals surface area (Å²) in [5.41, 5.74) is 3.39. The van der Waals surface area contributed by atoms with Crippen LogP contribution in [0.2, 0.25) is 5.02 Å². The predicted octanol–water partition coefficient (Wildman–Crippen LogP) is 4.08. The Labute approximate surface area is 192 Å². The van der Waals surface area contributed by atoms with Crippen LogP contribution in [0.5, 0.6) is 0 Å². The number of benzene rings is 2. The van der Waals surface area contributed by atoms with Crippen LogP contribution in [0.25, 0.3) is 11.1 Å². The van der Waals surface area contributed by atoms with E-state index in [0.29, 0.717) is 49.1 Å². The maximum absolute atomic E-state index is 12.9. The molecule has 0 aromatic heterocycles. The maximum Gasteiger partial charge on any atom is 0.320 e. The number of nitriles is 1. The highest BCUT2D eigenvalue weighted by atomic mass is 35.5. The molecule has 0 unspecified atom stereocenters.